The largest absolute Gasteiger partial charge is 0.370 e. The maximum Gasteiger partial charge on any atom is 0.243 e. The van der Waals surface area contributed by atoms with Crippen LogP contribution in [0.3, 0.4) is 0 Å². The fraction of sp³-hybridized carbons (Fsp3) is 0.458. The number of benzene rings is 1. The summed E-state index contributed by atoms with van der Waals surface area (Å²) in [6.45, 7) is 0.635. The Hall–Kier alpha value is -4.13. The van der Waals surface area contributed by atoms with Crippen molar-refractivity contribution in [2.75, 3.05) is 19.6 Å². The van der Waals surface area contributed by atoms with E-state index in [2.05, 4.69) is 31.2 Å². The maximum atomic E-state index is 12.8. The van der Waals surface area contributed by atoms with E-state index >= 15 is 0 Å². The number of amides is 4. The normalized spacial score (nSPS) is 16.5. The number of carbonyl (C=O) groups excluding carboxylic acids is 4. The number of carbonyl (C=O) groups is 4. The number of para-hydroxylation sites is 1. The minimum atomic E-state index is -0.966. The lowest BCUT2D eigenvalue weighted by molar-refractivity contribution is -0.131. The fourth-order valence-electron chi connectivity index (χ4n) is 4.23. The zero-order valence-corrected chi connectivity index (χ0v) is 20.6. The van der Waals surface area contributed by atoms with Gasteiger partial charge >= 0.3 is 0 Å². The van der Waals surface area contributed by atoms with Crippen LogP contribution >= 0.6 is 0 Å². The smallest absolute Gasteiger partial charge is 0.243 e. The van der Waals surface area contributed by atoms with E-state index in [1.54, 1.807) is 6.20 Å². The van der Waals surface area contributed by atoms with Crippen molar-refractivity contribution in [1.82, 2.24) is 26.3 Å². The van der Waals surface area contributed by atoms with Crippen molar-refractivity contribution in [1.29, 1.82) is 0 Å². The van der Waals surface area contributed by atoms with Crippen LogP contribution in [0.1, 0.15) is 31.2 Å². The molecule has 13 heteroatoms. The van der Waals surface area contributed by atoms with E-state index in [0.717, 1.165) is 29.4 Å². The molecular weight excluding hydrogens is 478 g/mol. The van der Waals surface area contributed by atoms with Gasteiger partial charge in [0.15, 0.2) is 5.96 Å². The first kappa shape index (κ1) is 27.5. The van der Waals surface area contributed by atoms with Crippen LogP contribution in [0.4, 0.5) is 0 Å². The minimum absolute atomic E-state index is 0.0616. The van der Waals surface area contributed by atoms with E-state index in [4.69, 9.17) is 17.2 Å². The first-order chi connectivity index (χ1) is 17.7. The average Bonchev–Trinajstić information content (AvgIpc) is 3.54. The molecule has 2 heterocycles. The molecule has 2 aromatic rings. The van der Waals surface area contributed by atoms with E-state index in [0.29, 0.717) is 12.8 Å². The summed E-state index contributed by atoms with van der Waals surface area (Å²) in [7, 11) is 0. The summed E-state index contributed by atoms with van der Waals surface area (Å²) < 4.78 is 0. The summed E-state index contributed by atoms with van der Waals surface area (Å²) in [6.07, 6.45) is 4.23. The summed E-state index contributed by atoms with van der Waals surface area (Å²) in [5.41, 5.74) is 17.9. The number of fused-ring (bicyclic) bond motifs is 1. The zero-order chi connectivity index (χ0) is 26.8. The van der Waals surface area contributed by atoms with Gasteiger partial charge in [-0.05, 0) is 43.9 Å². The Labute approximate surface area is 214 Å². The summed E-state index contributed by atoms with van der Waals surface area (Å²) in [5, 5.41) is 11.9. The lowest BCUT2D eigenvalue weighted by Gasteiger charge is -2.21. The van der Waals surface area contributed by atoms with E-state index in [9.17, 15) is 19.2 Å². The van der Waals surface area contributed by atoms with Crippen LogP contribution in [-0.2, 0) is 25.6 Å². The molecule has 200 valence electrons. The van der Waals surface area contributed by atoms with Crippen LogP contribution in [0.25, 0.3) is 10.9 Å². The number of primary amides is 1. The van der Waals surface area contributed by atoms with Gasteiger partial charge in [-0.15, -0.1) is 0 Å². The third-order valence-corrected chi connectivity index (χ3v) is 6.16. The maximum absolute atomic E-state index is 12.8. The van der Waals surface area contributed by atoms with Gasteiger partial charge in [-0.3, -0.25) is 24.2 Å². The topological polar surface area (TPSA) is 223 Å². The van der Waals surface area contributed by atoms with Gasteiger partial charge < -0.3 is 43.5 Å². The number of aromatic nitrogens is 1. The van der Waals surface area contributed by atoms with Crippen molar-refractivity contribution >= 4 is 40.5 Å². The zero-order valence-electron chi connectivity index (χ0n) is 20.6. The van der Waals surface area contributed by atoms with E-state index in [1.165, 1.54) is 0 Å². The summed E-state index contributed by atoms with van der Waals surface area (Å²) in [4.78, 5) is 57.0. The van der Waals surface area contributed by atoms with Crippen LogP contribution in [-0.4, -0.2) is 72.3 Å². The predicted octanol–water partition coefficient (Wildman–Crippen LogP) is -1.91. The van der Waals surface area contributed by atoms with Crippen molar-refractivity contribution in [3.8, 4) is 0 Å². The van der Waals surface area contributed by atoms with Gasteiger partial charge in [0.1, 0.15) is 12.1 Å². The third-order valence-electron chi connectivity index (χ3n) is 6.16. The summed E-state index contributed by atoms with van der Waals surface area (Å²) >= 11 is 0. The molecule has 1 aliphatic rings. The number of nitrogens with two attached hydrogens (primary N) is 3. The second-order valence-electron chi connectivity index (χ2n) is 8.96. The van der Waals surface area contributed by atoms with Crippen molar-refractivity contribution in [2.24, 2.45) is 22.2 Å². The molecule has 4 amide bonds. The van der Waals surface area contributed by atoms with Crippen molar-refractivity contribution in [3.05, 3.63) is 36.0 Å². The monoisotopic (exact) mass is 513 g/mol. The second kappa shape index (κ2) is 13.3. The minimum Gasteiger partial charge on any atom is -0.370 e. The average molecular weight is 514 g/mol. The van der Waals surface area contributed by atoms with Gasteiger partial charge in [-0.25, -0.2) is 0 Å². The number of guanidine groups is 1. The molecule has 0 bridgehead atoms. The van der Waals surface area contributed by atoms with Gasteiger partial charge in [-0.2, -0.15) is 0 Å². The number of H-pyrrole nitrogens is 1. The van der Waals surface area contributed by atoms with Gasteiger partial charge in [0.2, 0.25) is 23.6 Å². The van der Waals surface area contributed by atoms with Crippen LogP contribution in [0.5, 0.6) is 0 Å². The van der Waals surface area contributed by atoms with Crippen LogP contribution in [0, 0.1) is 0 Å². The number of aliphatic imine (C=N–C) groups is 1. The molecule has 3 rings (SSSR count). The second-order valence-corrected chi connectivity index (χ2v) is 8.96. The molecule has 1 aliphatic heterocycles. The van der Waals surface area contributed by atoms with Crippen LogP contribution in [0.15, 0.2) is 35.5 Å². The highest BCUT2D eigenvalue weighted by molar-refractivity contribution is 5.93. The van der Waals surface area contributed by atoms with Crippen molar-refractivity contribution < 1.29 is 19.2 Å². The molecule has 0 radical (unpaired) electrons. The Bertz CT molecular complexity index is 1140. The molecule has 3 unspecified atom stereocenters. The molecule has 1 saturated heterocycles. The number of aromatic amines is 1. The SMILES string of the molecule is NC(=O)C(Cc1c[nH]c2ccccc12)NC(=O)CNC(=O)C(CCCN=C(N)N)NC(=O)C1CCCN1. The van der Waals surface area contributed by atoms with E-state index < -0.39 is 36.3 Å². The summed E-state index contributed by atoms with van der Waals surface area (Å²) in [6, 6.07) is 5.37. The van der Waals surface area contributed by atoms with Gasteiger partial charge in [-0.1, -0.05) is 18.2 Å². The highest BCUT2D eigenvalue weighted by atomic mass is 16.2. The predicted molar refractivity (Wildman–Crippen MR) is 139 cm³/mol. The number of nitrogens with one attached hydrogen (secondary N) is 5. The summed E-state index contributed by atoms with van der Waals surface area (Å²) in [5.74, 6) is -2.15. The fourth-order valence-corrected chi connectivity index (χ4v) is 4.23. The van der Waals surface area contributed by atoms with Gasteiger partial charge in [0, 0.05) is 30.1 Å². The van der Waals surface area contributed by atoms with Gasteiger partial charge in [0.05, 0.1) is 12.6 Å². The third kappa shape index (κ3) is 8.20. The Morgan fingerprint density at radius 2 is 1.86 bits per heavy atom. The van der Waals surface area contributed by atoms with Crippen molar-refractivity contribution in [2.45, 2.75) is 50.2 Å². The Morgan fingerprint density at radius 1 is 1.08 bits per heavy atom. The first-order valence-corrected chi connectivity index (χ1v) is 12.2. The molecule has 0 saturated carbocycles. The first-order valence-electron chi connectivity index (χ1n) is 12.2. The van der Waals surface area contributed by atoms with Gasteiger partial charge in [0.25, 0.3) is 0 Å². The van der Waals surface area contributed by atoms with Crippen molar-refractivity contribution in [3.63, 3.8) is 0 Å². The Morgan fingerprint density at radius 3 is 2.57 bits per heavy atom. The Kier molecular flexibility index (Phi) is 9.84. The van der Waals surface area contributed by atoms with E-state index in [1.807, 2.05) is 24.3 Å². The number of hydrogen-bond donors (Lipinski definition) is 8. The molecule has 37 heavy (non-hydrogen) atoms. The highest BCUT2D eigenvalue weighted by Gasteiger charge is 2.28. The molecular formula is C24H35N9O4. The van der Waals surface area contributed by atoms with Crippen LogP contribution < -0.4 is 38.5 Å². The molecule has 3 atom stereocenters. The molecule has 13 nitrogen and oxygen atoms in total. The van der Waals surface area contributed by atoms with E-state index in [-0.39, 0.29) is 37.3 Å². The molecule has 1 fully saturated rings. The number of hydrogen-bond acceptors (Lipinski definition) is 6. The molecule has 1 aromatic carbocycles. The highest BCUT2D eigenvalue weighted by Crippen LogP contribution is 2.19. The molecule has 0 spiro atoms. The lowest BCUT2D eigenvalue weighted by Crippen LogP contribution is -2.54. The number of nitrogens with zero attached hydrogens (tertiary/aromatic N) is 1. The molecule has 1 aromatic heterocycles. The Balaban J connectivity index is 1.55. The number of rotatable bonds is 13. The quantitative estimate of drug-likeness (QED) is 0.0861. The molecule has 0 aliphatic carbocycles. The molecule has 11 N–H and O–H groups in total. The van der Waals surface area contributed by atoms with Crippen LogP contribution in [0.2, 0.25) is 0 Å². The standard InChI is InChI=1S/C24H35N9O4/c25-21(35)19(11-14-12-30-16-6-2-1-5-15(14)16)32-20(34)13-31-22(36)18(8-4-10-29-24(26)27)33-23(37)17-7-3-9-28-17/h1-2,5-6,12,17-19,28,30H,3-4,7-11,13H2,(H2,25,35)(H,31,36)(H,32,34)(H,33,37)(H4,26,27,29). The lowest BCUT2D eigenvalue weighted by atomic mass is 10.0.